The van der Waals surface area contributed by atoms with E-state index in [0.29, 0.717) is 5.92 Å². The molecular formula is C15H23BrO. The largest absolute Gasteiger partial charge is 0.381 e. The first-order valence-electron chi connectivity index (χ1n) is 6.48. The predicted octanol–water partition coefficient (Wildman–Crippen LogP) is 4.68. The van der Waals surface area contributed by atoms with Crippen molar-refractivity contribution in [1.29, 1.82) is 0 Å². The summed E-state index contributed by atoms with van der Waals surface area (Å²) in [5.41, 5.74) is 2.75. The van der Waals surface area contributed by atoms with E-state index in [0.717, 1.165) is 25.0 Å². The Morgan fingerprint density at radius 3 is 2.76 bits per heavy atom. The topological polar surface area (TPSA) is 9.23 Å². The monoisotopic (exact) mass is 298 g/mol. The normalized spacial score (nSPS) is 12.6. The van der Waals surface area contributed by atoms with Crippen LogP contribution in [0.25, 0.3) is 0 Å². The molecular weight excluding hydrogens is 276 g/mol. The number of alkyl halides is 1. The van der Waals surface area contributed by atoms with Crippen molar-refractivity contribution < 1.29 is 4.74 Å². The number of hydrogen-bond donors (Lipinski definition) is 0. The van der Waals surface area contributed by atoms with Crippen molar-refractivity contribution in [3.05, 3.63) is 35.4 Å². The van der Waals surface area contributed by atoms with Gasteiger partial charge in [0.15, 0.2) is 0 Å². The zero-order chi connectivity index (χ0) is 12.5. The molecule has 1 unspecified atom stereocenters. The summed E-state index contributed by atoms with van der Waals surface area (Å²) >= 11 is 3.60. The fourth-order valence-corrected chi connectivity index (χ4v) is 2.53. The Morgan fingerprint density at radius 2 is 2.12 bits per heavy atom. The quantitative estimate of drug-likeness (QED) is 0.500. The van der Waals surface area contributed by atoms with Gasteiger partial charge in [-0.25, -0.2) is 0 Å². The number of rotatable bonds is 8. The second kappa shape index (κ2) is 8.71. The van der Waals surface area contributed by atoms with Crippen molar-refractivity contribution in [3.8, 4) is 0 Å². The number of ether oxygens (including phenoxy) is 1. The molecule has 0 heterocycles. The summed E-state index contributed by atoms with van der Waals surface area (Å²) in [6.45, 7) is 6.10. The van der Waals surface area contributed by atoms with E-state index in [9.17, 15) is 0 Å². The van der Waals surface area contributed by atoms with Crippen LogP contribution in [0.4, 0.5) is 0 Å². The van der Waals surface area contributed by atoms with Gasteiger partial charge in [0.05, 0.1) is 0 Å². The molecule has 1 aromatic carbocycles. The lowest BCUT2D eigenvalue weighted by molar-refractivity contribution is 0.125. The lowest BCUT2D eigenvalue weighted by Gasteiger charge is -2.15. The van der Waals surface area contributed by atoms with Gasteiger partial charge in [-0.1, -0.05) is 59.1 Å². The van der Waals surface area contributed by atoms with Crippen LogP contribution in [0.5, 0.6) is 0 Å². The lowest BCUT2D eigenvalue weighted by Crippen LogP contribution is -2.06. The Kier molecular flexibility index (Phi) is 7.54. The van der Waals surface area contributed by atoms with Crippen molar-refractivity contribution in [1.82, 2.24) is 0 Å². The maximum atomic E-state index is 5.64. The van der Waals surface area contributed by atoms with Crippen LogP contribution in [0.15, 0.2) is 24.3 Å². The molecule has 96 valence electrons. The molecule has 0 aromatic heterocycles. The van der Waals surface area contributed by atoms with Crippen molar-refractivity contribution in [2.45, 2.75) is 39.0 Å². The van der Waals surface area contributed by atoms with Crippen LogP contribution in [0, 0.1) is 6.92 Å². The number of aryl methyl sites for hydroxylation is 1. The average molecular weight is 299 g/mol. The Hall–Kier alpha value is -0.340. The Morgan fingerprint density at radius 1 is 1.29 bits per heavy atom. The number of unbranched alkanes of at least 4 members (excludes halogenated alkanes) is 1. The van der Waals surface area contributed by atoms with Crippen molar-refractivity contribution in [2.24, 2.45) is 0 Å². The summed E-state index contributed by atoms with van der Waals surface area (Å²) in [4.78, 5) is 0. The van der Waals surface area contributed by atoms with Gasteiger partial charge in [-0.05, 0) is 31.2 Å². The van der Waals surface area contributed by atoms with Crippen LogP contribution in [-0.2, 0) is 4.74 Å². The fourth-order valence-electron chi connectivity index (χ4n) is 1.83. The standard InChI is InChI=1S/C15H23BrO/c1-3-4-9-17-10-8-15(12-16)14-7-5-6-13(2)11-14/h5-7,11,15H,3-4,8-10,12H2,1-2H3. The van der Waals surface area contributed by atoms with E-state index in [1.165, 1.54) is 24.0 Å². The van der Waals surface area contributed by atoms with Crippen LogP contribution >= 0.6 is 15.9 Å². The summed E-state index contributed by atoms with van der Waals surface area (Å²) in [6, 6.07) is 8.77. The summed E-state index contributed by atoms with van der Waals surface area (Å²) in [7, 11) is 0. The number of halogens is 1. The molecule has 0 saturated carbocycles. The van der Waals surface area contributed by atoms with Gasteiger partial charge in [0.25, 0.3) is 0 Å². The SMILES string of the molecule is CCCCOCCC(CBr)c1cccc(C)c1. The van der Waals surface area contributed by atoms with Crippen LogP contribution in [0.1, 0.15) is 43.2 Å². The third-order valence-electron chi connectivity index (χ3n) is 2.95. The molecule has 1 nitrogen and oxygen atoms in total. The molecule has 0 aliphatic heterocycles. The van der Waals surface area contributed by atoms with Gasteiger partial charge >= 0.3 is 0 Å². The molecule has 0 spiro atoms. The minimum atomic E-state index is 0.566. The van der Waals surface area contributed by atoms with Crippen molar-refractivity contribution in [2.75, 3.05) is 18.5 Å². The molecule has 1 rings (SSSR count). The Balaban J connectivity index is 2.38. The summed E-state index contributed by atoms with van der Waals surface area (Å²) in [5, 5.41) is 1.01. The van der Waals surface area contributed by atoms with Gasteiger partial charge in [-0.2, -0.15) is 0 Å². The van der Waals surface area contributed by atoms with Crippen LogP contribution in [0.3, 0.4) is 0 Å². The Labute approximate surface area is 114 Å². The van der Waals surface area contributed by atoms with Gasteiger partial charge in [-0.3, -0.25) is 0 Å². The smallest absolute Gasteiger partial charge is 0.0472 e. The zero-order valence-corrected chi connectivity index (χ0v) is 12.5. The van der Waals surface area contributed by atoms with E-state index in [1.54, 1.807) is 0 Å². The molecule has 17 heavy (non-hydrogen) atoms. The molecule has 1 aromatic rings. The van der Waals surface area contributed by atoms with E-state index < -0.39 is 0 Å². The van der Waals surface area contributed by atoms with Gasteiger partial charge in [0.1, 0.15) is 0 Å². The molecule has 0 radical (unpaired) electrons. The van der Waals surface area contributed by atoms with Crippen LogP contribution in [-0.4, -0.2) is 18.5 Å². The molecule has 0 N–H and O–H groups in total. The van der Waals surface area contributed by atoms with E-state index >= 15 is 0 Å². The second-order valence-corrected chi connectivity index (χ2v) is 5.17. The molecule has 0 amide bonds. The minimum absolute atomic E-state index is 0.566. The van der Waals surface area contributed by atoms with E-state index in [2.05, 4.69) is 54.0 Å². The summed E-state index contributed by atoms with van der Waals surface area (Å²) < 4.78 is 5.64. The third-order valence-corrected chi connectivity index (χ3v) is 3.73. The van der Waals surface area contributed by atoms with Gasteiger partial charge < -0.3 is 4.74 Å². The van der Waals surface area contributed by atoms with Gasteiger partial charge in [0.2, 0.25) is 0 Å². The number of benzene rings is 1. The summed E-state index contributed by atoms with van der Waals surface area (Å²) in [5.74, 6) is 0.566. The second-order valence-electron chi connectivity index (χ2n) is 4.52. The van der Waals surface area contributed by atoms with Gasteiger partial charge in [-0.15, -0.1) is 0 Å². The van der Waals surface area contributed by atoms with Crippen LogP contribution < -0.4 is 0 Å². The molecule has 0 bridgehead atoms. The zero-order valence-electron chi connectivity index (χ0n) is 10.9. The first kappa shape index (κ1) is 14.7. The van der Waals surface area contributed by atoms with Crippen LogP contribution in [0.2, 0.25) is 0 Å². The Bertz CT molecular complexity index is 312. The number of hydrogen-bond acceptors (Lipinski definition) is 1. The first-order valence-corrected chi connectivity index (χ1v) is 7.60. The molecule has 0 aliphatic carbocycles. The van der Waals surface area contributed by atoms with Gasteiger partial charge in [0, 0.05) is 18.5 Å². The maximum absolute atomic E-state index is 5.64. The van der Waals surface area contributed by atoms with E-state index in [-0.39, 0.29) is 0 Å². The van der Waals surface area contributed by atoms with E-state index in [1.807, 2.05) is 0 Å². The summed E-state index contributed by atoms with van der Waals surface area (Å²) in [6.07, 6.45) is 3.47. The highest BCUT2D eigenvalue weighted by Gasteiger charge is 2.09. The molecule has 2 heteroatoms. The van der Waals surface area contributed by atoms with Crippen molar-refractivity contribution >= 4 is 15.9 Å². The molecule has 0 saturated heterocycles. The first-order chi connectivity index (χ1) is 8.27. The van der Waals surface area contributed by atoms with Crippen molar-refractivity contribution in [3.63, 3.8) is 0 Å². The molecule has 0 fully saturated rings. The molecule has 0 aliphatic rings. The highest BCUT2D eigenvalue weighted by atomic mass is 79.9. The predicted molar refractivity (Wildman–Crippen MR) is 78.1 cm³/mol. The van der Waals surface area contributed by atoms with E-state index in [4.69, 9.17) is 4.74 Å². The average Bonchev–Trinajstić information content (AvgIpc) is 2.34. The maximum Gasteiger partial charge on any atom is 0.0472 e. The highest BCUT2D eigenvalue weighted by Crippen LogP contribution is 2.22. The molecule has 1 atom stereocenters. The fraction of sp³-hybridized carbons (Fsp3) is 0.600. The lowest BCUT2D eigenvalue weighted by atomic mass is 9.97. The minimum Gasteiger partial charge on any atom is -0.381 e. The third kappa shape index (κ3) is 5.69. The highest BCUT2D eigenvalue weighted by molar-refractivity contribution is 9.09.